The first kappa shape index (κ1) is 11.7. The Hall–Kier alpha value is -1.36. The number of amides is 2. The lowest BCUT2D eigenvalue weighted by Gasteiger charge is -2.18. The molecule has 0 bridgehead atoms. The highest BCUT2D eigenvalue weighted by Crippen LogP contribution is 2.17. The lowest BCUT2D eigenvalue weighted by atomic mass is 10.2. The molecule has 0 fully saturated rings. The zero-order valence-electron chi connectivity index (χ0n) is 8.82. The fourth-order valence-electron chi connectivity index (χ4n) is 1.25. The van der Waals surface area contributed by atoms with Crippen LogP contribution in [0.5, 0.6) is 0 Å². The average Bonchev–Trinajstić information content (AvgIpc) is 2.59. The number of carbonyl (C=O) groups is 2. The van der Waals surface area contributed by atoms with E-state index in [0.717, 1.165) is 5.56 Å². The summed E-state index contributed by atoms with van der Waals surface area (Å²) in [5, 5.41) is 1.86. The van der Waals surface area contributed by atoms with Crippen LogP contribution in [0.1, 0.15) is 22.2 Å². The Morgan fingerprint density at radius 2 is 2.20 bits per heavy atom. The van der Waals surface area contributed by atoms with Gasteiger partial charge in [-0.05, 0) is 30.9 Å². The van der Waals surface area contributed by atoms with E-state index in [-0.39, 0.29) is 12.5 Å². The number of aryl methyl sites for hydroxylation is 1. The molecule has 0 aromatic carbocycles. The van der Waals surface area contributed by atoms with Gasteiger partial charge in [0.2, 0.25) is 5.91 Å². The maximum atomic E-state index is 11.9. The van der Waals surface area contributed by atoms with Gasteiger partial charge in [0, 0.05) is 6.54 Å². The van der Waals surface area contributed by atoms with Crippen LogP contribution in [0.3, 0.4) is 0 Å². The molecule has 5 heteroatoms. The van der Waals surface area contributed by atoms with Crippen molar-refractivity contribution >= 4 is 23.2 Å². The van der Waals surface area contributed by atoms with Crippen LogP contribution in [0.2, 0.25) is 0 Å². The topological polar surface area (TPSA) is 63.4 Å². The molecule has 1 aromatic rings. The number of primary amides is 1. The minimum atomic E-state index is -0.487. The van der Waals surface area contributed by atoms with Crippen LogP contribution in [0.15, 0.2) is 11.4 Å². The van der Waals surface area contributed by atoms with Gasteiger partial charge in [-0.25, -0.2) is 0 Å². The minimum absolute atomic E-state index is 0.0212. The summed E-state index contributed by atoms with van der Waals surface area (Å²) in [7, 11) is 0. The van der Waals surface area contributed by atoms with E-state index in [1.54, 1.807) is 0 Å². The summed E-state index contributed by atoms with van der Waals surface area (Å²) in [6.07, 6.45) is 0. The van der Waals surface area contributed by atoms with Crippen molar-refractivity contribution in [3.05, 3.63) is 21.9 Å². The van der Waals surface area contributed by atoms with Crippen molar-refractivity contribution in [1.82, 2.24) is 4.90 Å². The second-order valence-electron chi connectivity index (χ2n) is 3.22. The molecule has 0 atom stereocenters. The van der Waals surface area contributed by atoms with Gasteiger partial charge < -0.3 is 10.6 Å². The van der Waals surface area contributed by atoms with Gasteiger partial charge in [0.15, 0.2) is 0 Å². The van der Waals surface area contributed by atoms with Crippen LogP contribution in [-0.2, 0) is 4.79 Å². The maximum absolute atomic E-state index is 11.9. The van der Waals surface area contributed by atoms with Crippen molar-refractivity contribution in [2.75, 3.05) is 13.1 Å². The summed E-state index contributed by atoms with van der Waals surface area (Å²) < 4.78 is 0. The van der Waals surface area contributed by atoms with Crippen LogP contribution in [0.4, 0.5) is 0 Å². The number of carbonyl (C=O) groups excluding carboxylic acids is 2. The van der Waals surface area contributed by atoms with Gasteiger partial charge in [0.05, 0.1) is 11.4 Å². The Labute approximate surface area is 92.7 Å². The third kappa shape index (κ3) is 2.79. The van der Waals surface area contributed by atoms with E-state index >= 15 is 0 Å². The molecule has 1 rings (SSSR count). The third-order valence-corrected chi connectivity index (χ3v) is 3.08. The molecule has 0 aliphatic carbocycles. The molecule has 2 amide bonds. The zero-order valence-corrected chi connectivity index (χ0v) is 9.63. The third-order valence-electron chi connectivity index (χ3n) is 2.07. The van der Waals surface area contributed by atoms with Crippen LogP contribution < -0.4 is 5.73 Å². The molecule has 0 saturated carbocycles. The van der Waals surface area contributed by atoms with Crippen molar-refractivity contribution < 1.29 is 9.59 Å². The zero-order chi connectivity index (χ0) is 11.4. The second kappa shape index (κ2) is 4.93. The van der Waals surface area contributed by atoms with Crippen molar-refractivity contribution in [1.29, 1.82) is 0 Å². The Bertz CT molecular complexity index is 373. The summed E-state index contributed by atoms with van der Waals surface area (Å²) in [6, 6.07) is 1.88. The molecule has 2 N–H and O–H groups in total. The Kier molecular flexibility index (Phi) is 3.85. The lowest BCUT2D eigenvalue weighted by molar-refractivity contribution is -0.118. The molecule has 0 saturated heterocycles. The van der Waals surface area contributed by atoms with Crippen molar-refractivity contribution in [2.45, 2.75) is 13.8 Å². The molecule has 4 nitrogen and oxygen atoms in total. The maximum Gasteiger partial charge on any atom is 0.264 e. The van der Waals surface area contributed by atoms with E-state index in [1.807, 2.05) is 25.3 Å². The minimum Gasteiger partial charge on any atom is -0.368 e. The molecule has 0 aliphatic heterocycles. The largest absolute Gasteiger partial charge is 0.368 e. The van der Waals surface area contributed by atoms with E-state index < -0.39 is 5.91 Å². The van der Waals surface area contributed by atoms with Gasteiger partial charge in [-0.3, -0.25) is 9.59 Å². The van der Waals surface area contributed by atoms with Crippen molar-refractivity contribution in [3.8, 4) is 0 Å². The summed E-state index contributed by atoms with van der Waals surface area (Å²) in [6.45, 7) is 4.16. The molecule has 82 valence electrons. The van der Waals surface area contributed by atoms with Crippen molar-refractivity contribution in [3.63, 3.8) is 0 Å². The fourth-order valence-corrected chi connectivity index (χ4v) is 2.14. The highest BCUT2D eigenvalue weighted by molar-refractivity contribution is 7.12. The summed E-state index contributed by atoms with van der Waals surface area (Å²) >= 11 is 1.39. The van der Waals surface area contributed by atoms with Crippen molar-refractivity contribution in [2.24, 2.45) is 5.73 Å². The van der Waals surface area contributed by atoms with Gasteiger partial charge in [0.25, 0.3) is 5.91 Å². The van der Waals surface area contributed by atoms with E-state index in [1.165, 1.54) is 16.2 Å². The molecule has 1 heterocycles. The fraction of sp³-hybridized carbons (Fsp3) is 0.400. The van der Waals surface area contributed by atoms with Gasteiger partial charge in [-0.1, -0.05) is 0 Å². The van der Waals surface area contributed by atoms with Gasteiger partial charge in [0.1, 0.15) is 0 Å². The Morgan fingerprint density at radius 1 is 1.53 bits per heavy atom. The quantitative estimate of drug-likeness (QED) is 0.832. The SMILES string of the molecule is CCN(CC(N)=O)C(=O)c1sccc1C. The molecular weight excluding hydrogens is 212 g/mol. The van der Waals surface area contributed by atoms with Gasteiger partial charge >= 0.3 is 0 Å². The number of hydrogen-bond acceptors (Lipinski definition) is 3. The molecule has 0 spiro atoms. The van der Waals surface area contributed by atoms with Crippen LogP contribution in [0.25, 0.3) is 0 Å². The number of thiophene rings is 1. The Morgan fingerprint density at radius 3 is 2.60 bits per heavy atom. The number of nitrogens with zero attached hydrogens (tertiary/aromatic N) is 1. The Balaban J connectivity index is 2.82. The van der Waals surface area contributed by atoms with E-state index in [0.29, 0.717) is 11.4 Å². The second-order valence-corrected chi connectivity index (χ2v) is 4.13. The standard InChI is InChI=1S/C10H14N2O2S/c1-3-12(6-8(11)13)10(14)9-7(2)4-5-15-9/h4-5H,3,6H2,1-2H3,(H2,11,13). The average molecular weight is 226 g/mol. The molecule has 0 unspecified atom stereocenters. The molecular formula is C10H14N2O2S. The van der Waals surface area contributed by atoms with Gasteiger partial charge in [-0.15, -0.1) is 11.3 Å². The normalized spacial score (nSPS) is 10.0. The van der Waals surface area contributed by atoms with Gasteiger partial charge in [-0.2, -0.15) is 0 Å². The predicted molar refractivity (Wildman–Crippen MR) is 59.8 cm³/mol. The predicted octanol–water partition coefficient (Wildman–Crippen LogP) is 1.00. The number of likely N-dealkylation sites (N-methyl/N-ethyl adjacent to an activating group) is 1. The van der Waals surface area contributed by atoms with E-state index in [2.05, 4.69) is 0 Å². The molecule has 15 heavy (non-hydrogen) atoms. The first-order chi connectivity index (χ1) is 7.06. The highest BCUT2D eigenvalue weighted by Gasteiger charge is 2.18. The summed E-state index contributed by atoms with van der Waals surface area (Å²) in [5.41, 5.74) is 6.01. The molecule has 0 aliphatic rings. The van der Waals surface area contributed by atoms with E-state index in [9.17, 15) is 9.59 Å². The summed E-state index contributed by atoms with van der Waals surface area (Å²) in [5.74, 6) is -0.608. The lowest BCUT2D eigenvalue weighted by Crippen LogP contribution is -2.38. The summed E-state index contributed by atoms with van der Waals surface area (Å²) in [4.78, 5) is 24.8. The number of rotatable bonds is 4. The first-order valence-electron chi connectivity index (χ1n) is 4.68. The smallest absolute Gasteiger partial charge is 0.264 e. The highest BCUT2D eigenvalue weighted by atomic mass is 32.1. The number of nitrogens with two attached hydrogens (primary N) is 1. The molecule has 0 radical (unpaired) electrons. The van der Waals surface area contributed by atoms with E-state index in [4.69, 9.17) is 5.73 Å². The molecule has 1 aromatic heterocycles. The monoisotopic (exact) mass is 226 g/mol. The number of hydrogen-bond donors (Lipinski definition) is 1. The van der Waals surface area contributed by atoms with Crippen LogP contribution in [0, 0.1) is 6.92 Å². The van der Waals surface area contributed by atoms with Crippen LogP contribution in [-0.4, -0.2) is 29.8 Å². The van der Waals surface area contributed by atoms with Crippen LogP contribution >= 0.6 is 11.3 Å². The first-order valence-corrected chi connectivity index (χ1v) is 5.56.